The van der Waals surface area contributed by atoms with Crippen molar-refractivity contribution in [1.29, 1.82) is 0 Å². The second-order valence-electron chi connectivity index (χ2n) is 6.89. The van der Waals surface area contributed by atoms with Crippen molar-refractivity contribution in [3.8, 4) is 11.5 Å². The first-order valence-corrected chi connectivity index (χ1v) is 10.3. The summed E-state index contributed by atoms with van der Waals surface area (Å²) in [5, 5.41) is 8.99. The molecule has 1 amide bonds. The van der Waals surface area contributed by atoms with Crippen LogP contribution < -0.4 is 25.4 Å². The van der Waals surface area contributed by atoms with Crippen LogP contribution in [0, 0.1) is 0 Å². The summed E-state index contributed by atoms with van der Waals surface area (Å²) in [7, 11) is 3.25. The number of methoxy groups -OCH3 is 2. The van der Waals surface area contributed by atoms with Gasteiger partial charge in [-0.2, -0.15) is 0 Å². The van der Waals surface area contributed by atoms with Gasteiger partial charge in [0.1, 0.15) is 11.5 Å². The average molecular weight is 407 g/mol. The van der Waals surface area contributed by atoms with Gasteiger partial charge in [0.05, 0.1) is 32.9 Å². The zero-order valence-electron chi connectivity index (χ0n) is 17.8. The molecule has 0 bridgehead atoms. The lowest BCUT2D eigenvalue weighted by atomic mass is 10.2. The van der Waals surface area contributed by atoms with Gasteiger partial charge < -0.3 is 30.2 Å². The quantitative estimate of drug-likeness (QED) is 0.295. The standard InChI is InChI=1S/C21H34N4O4/c1-4-22-21(25-15-20(26)23-11-12-27-2)24-14-16-9-10-18(28-3)13-19(16)29-17-7-5-6-8-17/h9-10,13,17H,4-8,11-12,14-15H2,1-3H3,(H,23,26)(H2,22,24,25). The predicted octanol–water partition coefficient (Wildman–Crippen LogP) is 1.83. The van der Waals surface area contributed by atoms with Crippen molar-refractivity contribution in [3.63, 3.8) is 0 Å². The lowest BCUT2D eigenvalue weighted by Crippen LogP contribution is -2.43. The summed E-state index contributed by atoms with van der Waals surface area (Å²) < 4.78 is 16.5. The van der Waals surface area contributed by atoms with Gasteiger partial charge in [0.2, 0.25) is 5.91 Å². The van der Waals surface area contributed by atoms with Crippen LogP contribution in [0.2, 0.25) is 0 Å². The van der Waals surface area contributed by atoms with Crippen LogP contribution >= 0.6 is 0 Å². The van der Waals surface area contributed by atoms with E-state index < -0.39 is 0 Å². The highest BCUT2D eigenvalue weighted by Crippen LogP contribution is 2.30. The van der Waals surface area contributed by atoms with Crippen LogP contribution in [-0.4, -0.2) is 58.4 Å². The number of rotatable bonds is 11. The van der Waals surface area contributed by atoms with Crippen molar-refractivity contribution in [2.24, 2.45) is 4.99 Å². The Morgan fingerprint density at radius 1 is 1.17 bits per heavy atom. The van der Waals surface area contributed by atoms with Crippen LogP contribution in [0.1, 0.15) is 38.2 Å². The number of ether oxygens (including phenoxy) is 3. The molecule has 0 spiro atoms. The third-order valence-corrected chi connectivity index (χ3v) is 4.67. The molecule has 8 heteroatoms. The van der Waals surface area contributed by atoms with Crippen LogP contribution in [-0.2, 0) is 16.1 Å². The van der Waals surface area contributed by atoms with E-state index in [1.807, 2.05) is 25.1 Å². The summed E-state index contributed by atoms with van der Waals surface area (Å²) in [6.07, 6.45) is 4.85. The Labute approximate surface area is 173 Å². The van der Waals surface area contributed by atoms with E-state index in [1.54, 1.807) is 14.2 Å². The van der Waals surface area contributed by atoms with Crippen molar-refractivity contribution in [2.75, 3.05) is 40.5 Å². The van der Waals surface area contributed by atoms with Gasteiger partial charge in [-0.25, -0.2) is 4.99 Å². The number of aliphatic imine (C=N–C) groups is 1. The molecule has 29 heavy (non-hydrogen) atoms. The summed E-state index contributed by atoms with van der Waals surface area (Å²) in [6.45, 7) is 4.23. The number of guanidine groups is 1. The molecule has 1 fully saturated rings. The Morgan fingerprint density at radius 2 is 1.97 bits per heavy atom. The average Bonchev–Trinajstić information content (AvgIpc) is 3.24. The minimum Gasteiger partial charge on any atom is -0.497 e. The number of carbonyl (C=O) groups is 1. The number of amides is 1. The van der Waals surface area contributed by atoms with E-state index in [4.69, 9.17) is 14.2 Å². The summed E-state index contributed by atoms with van der Waals surface area (Å²) in [5.41, 5.74) is 0.986. The summed E-state index contributed by atoms with van der Waals surface area (Å²) in [6, 6.07) is 5.82. The molecule has 1 saturated carbocycles. The SMILES string of the molecule is CCNC(=NCc1ccc(OC)cc1OC1CCCC1)NCC(=O)NCCOC. The largest absolute Gasteiger partial charge is 0.497 e. The topological polar surface area (TPSA) is 93.2 Å². The van der Waals surface area contributed by atoms with Gasteiger partial charge in [0.25, 0.3) is 0 Å². The van der Waals surface area contributed by atoms with Crippen molar-refractivity contribution in [3.05, 3.63) is 23.8 Å². The van der Waals surface area contributed by atoms with Crippen LogP contribution in [0.15, 0.2) is 23.2 Å². The molecular formula is C21H34N4O4. The van der Waals surface area contributed by atoms with E-state index in [9.17, 15) is 4.79 Å². The zero-order valence-corrected chi connectivity index (χ0v) is 17.8. The van der Waals surface area contributed by atoms with E-state index in [-0.39, 0.29) is 18.6 Å². The van der Waals surface area contributed by atoms with Gasteiger partial charge in [0, 0.05) is 31.8 Å². The smallest absolute Gasteiger partial charge is 0.239 e. The molecule has 8 nitrogen and oxygen atoms in total. The lowest BCUT2D eigenvalue weighted by Gasteiger charge is -2.17. The van der Waals surface area contributed by atoms with Crippen LogP contribution in [0.25, 0.3) is 0 Å². The van der Waals surface area contributed by atoms with E-state index in [1.165, 1.54) is 12.8 Å². The molecule has 1 aromatic rings. The Hall–Kier alpha value is -2.48. The Bertz CT molecular complexity index is 660. The number of nitrogens with zero attached hydrogens (tertiary/aromatic N) is 1. The molecule has 0 aliphatic heterocycles. The Morgan fingerprint density at radius 3 is 2.66 bits per heavy atom. The van der Waals surface area contributed by atoms with E-state index in [0.29, 0.717) is 32.2 Å². The molecule has 0 radical (unpaired) electrons. The van der Waals surface area contributed by atoms with Crippen LogP contribution in [0.5, 0.6) is 11.5 Å². The molecule has 0 unspecified atom stereocenters. The molecule has 0 aromatic heterocycles. The van der Waals surface area contributed by atoms with Gasteiger partial charge in [-0.05, 0) is 44.7 Å². The van der Waals surface area contributed by atoms with Gasteiger partial charge in [-0.1, -0.05) is 0 Å². The van der Waals surface area contributed by atoms with Gasteiger partial charge in [-0.3, -0.25) is 4.79 Å². The molecule has 1 aromatic carbocycles. The minimum atomic E-state index is -0.109. The fourth-order valence-electron chi connectivity index (χ4n) is 3.11. The van der Waals surface area contributed by atoms with Gasteiger partial charge in [0.15, 0.2) is 5.96 Å². The summed E-state index contributed by atoms with van der Waals surface area (Å²) >= 11 is 0. The Balaban J connectivity index is 2.00. The third-order valence-electron chi connectivity index (χ3n) is 4.67. The summed E-state index contributed by atoms with van der Waals surface area (Å²) in [5.74, 6) is 2.05. The number of hydrogen-bond donors (Lipinski definition) is 3. The fraction of sp³-hybridized carbons (Fsp3) is 0.619. The van der Waals surface area contributed by atoms with E-state index in [0.717, 1.165) is 29.9 Å². The monoisotopic (exact) mass is 406 g/mol. The molecule has 3 N–H and O–H groups in total. The highest BCUT2D eigenvalue weighted by molar-refractivity contribution is 5.86. The summed E-state index contributed by atoms with van der Waals surface area (Å²) in [4.78, 5) is 16.5. The first kappa shape index (κ1) is 22.8. The number of benzene rings is 1. The number of hydrogen-bond acceptors (Lipinski definition) is 5. The van der Waals surface area contributed by atoms with Crippen molar-refractivity contribution < 1.29 is 19.0 Å². The zero-order chi connectivity index (χ0) is 20.9. The molecule has 162 valence electrons. The van der Waals surface area contributed by atoms with Crippen molar-refractivity contribution >= 4 is 11.9 Å². The van der Waals surface area contributed by atoms with Crippen molar-refractivity contribution in [2.45, 2.75) is 45.3 Å². The minimum absolute atomic E-state index is 0.109. The molecule has 0 atom stereocenters. The molecular weight excluding hydrogens is 372 g/mol. The molecule has 0 saturated heterocycles. The molecule has 1 aliphatic carbocycles. The third kappa shape index (κ3) is 8.19. The first-order valence-electron chi connectivity index (χ1n) is 10.3. The lowest BCUT2D eigenvalue weighted by molar-refractivity contribution is -0.120. The van der Waals surface area contributed by atoms with Crippen LogP contribution in [0.3, 0.4) is 0 Å². The second kappa shape index (κ2) is 12.9. The van der Waals surface area contributed by atoms with Crippen molar-refractivity contribution in [1.82, 2.24) is 16.0 Å². The van der Waals surface area contributed by atoms with Gasteiger partial charge >= 0.3 is 0 Å². The maximum atomic E-state index is 11.9. The highest BCUT2D eigenvalue weighted by Gasteiger charge is 2.18. The molecule has 0 heterocycles. The van der Waals surface area contributed by atoms with Gasteiger partial charge in [-0.15, -0.1) is 0 Å². The Kier molecular flexibility index (Phi) is 10.1. The molecule has 2 rings (SSSR count). The fourth-order valence-corrected chi connectivity index (χ4v) is 3.11. The van der Waals surface area contributed by atoms with E-state index >= 15 is 0 Å². The maximum absolute atomic E-state index is 11.9. The number of nitrogens with one attached hydrogen (secondary N) is 3. The maximum Gasteiger partial charge on any atom is 0.239 e. The number of carbonyl (C=O) groups excluding carboxylic acids is 1. The highest BCUT2D eigenvalue weighted by atomic mass is 16.5. The van der Waals surface area contributed by atoms with E-state index in [2.05, 4.69) is 20.9 Å². The predicted molar refractivity (Wildman–Crippen MR) is 114 cm³/mol. The van der Waals surface area contributed by atoms with Crippen LogP contribution in [0.4, 0.5) is 0 Å². The molecule has 1 aliphatic rings. The second-order valence-corrected chi connectivity index (χ2v) is 6.89. The normalized spacial score (nSPS) is 14.5. The first-order chi connectivity index (χ1) is 14.2.